The number of thiocarbonyl (C=S) groups is 1. The molecule has 1 aromatic carbocycles. The van der Waals surface area contributed by atoms with Crippen LogP contribution in [0.25, 0.3) is 0 Å². The Labute approximate surface area is 135 Å². The first-order chi connectivity index (χ1) is 10.7. The maximum absolute atomic E-state index is 11.6. The SMILES string of the molecule is CCCCCC(=O)NNC(=S)Nc1ccc2c(c1)OCCO2. The van der Waals surface area contributed by atoms with Gasteiger partial charge in [-0.05, 0) is 30.8 Å². The zero-order valence-corrected chi connectivity index (χ0v) is 13.4. The highest BCUT2D eigenvalue weighted by Crippen LogP contribution is 2.32. The van der Waals surface area contributed by atoms with E-state index in [0.717, 1.165) is 30.7 Å². The van der Waals surface area contributed by atoms with E-state index in [4.69, 9.17) is 21.7 Å². The first-order valence-corrected chi connectivity index (χ1v) is 7.85. The minimum Gasteiger partial charge on any atom is -0.486 e. The van der Waals surface area contributed by atoms with Crippen molar-refractivity contribution in [3.8, 4) is 11.5 Å². The standard InChI is InChI=1S/C15H21N3O3S/c1-2-3-4-5-14(19)17-18-15(22)16-11-6-7-12-13(10-11)21-9-8-20-12/h6-7,10H,2-5,8-9H2,1H3,(H,17,19)(H2,16,18,22). The number of carbonyl (C=O) groups excluding carboxylic acids is 1. The Bertz CT molecular complexity index is 537. The molecule has 0 radical (unpaired) electrons. The lowest BCUT2D eigenvalue weighted by atomic mass is 10.2. The van der Waals surface area contributed by atoms with Crippen molar-refractivity contribution >= 4 is 28.9 Å². The van der Waals surface area contributed by atoms with Crippen molar-refractivity contribution in [2.24, 2.45) is 0 Å². The lowest BCUT2D eigenvalue weighted by molar-refractivity contribution is -0.121. The largest absolute Gasteiger partial charge is 0.486 e. The molecule has 1 heterocycles. The summed E-state index contributed by atoms with van der Waals surface area (Å²) in [6.07, 6.45) is 3.51. The third-order valence-corrected chi connectivity index (χ3v) is 3.33. The van der Waals surface area contributed by atoms with Gasteiger partial charge in [0.1, 0.15) is 13.2 Å². The van der Waals surface area contributed by atoms with Crippen LogP contribution < -0.4 is 25.6 Å². The normalized spacial score (nSPS) is 12.4. The molecule has 0 saturated carbocycles. The van der Waals surface area contributed by atoms with E-state index >= 15 is 0 Å². The minimum absolute atomic E-state index is 0.0697. The zero-order valence-electron chi connectivity index (χ0n) is 12.6. The van der Waals surface area contributed by atoms with Crippen molar-refractivity contribution in [3.63, 3.8) is 0 Å². The first kappa shape index (κ1) is 16.4. The van der Waals surface area contributed by atoms with Gasteiger partial charge in [0.25, 0.3) is 0 Å². The van der Waals surface area contributed by atoms with E-state index in [9.17, 15) is 4.79 Å². The van der Waals surface area contributed by atoms with E-state index in [1.807, 2.05) is 18.2 Å². The fraction of sp³-hybridized carbons (Fsp3) is 0.467. The van der Waals surface area contributed by atoms with Gasteiger partial charge in [-0.2, -0.15) is 0 Å². The van der Waals surface area contributed by atoms with Crippen LogP contribution in [0.15, 0.2) is 18.2 Å². The number of nitrogens with one attached hydrogen (secondary N) is 3. The summed E-state index contributed by atoms with van der Waals surface area (Å²) in [5.74, 6) is 1.34. The Hall–Kier alpha value is -2.02. The third-order valence-electron chi connectivity index (χ3n) is 3.12. The quantitative estimate of drug-likeness (QED) is 0.439. The molecular formula is C15H21N3O3S. The number of hydrogen-bond acceptors (Lipinski definition) is 4. The summed E-state index contributed by atoms with van der Waals surface area (Å²) in [6, 6.07) is 5.47. The second-order valence-corrected chi connectivity index (χ2v) is 5.35. The molecule has 1 aromatic rings. The molecule has 7 heteroatoms. The molecule has 3 N–H and O–H groups in total. The number of ether oxygens (including phenoxy) is 2. The van der Waals surface area contributed by atoms with Crippen LogP contribution in [0.2, 0.25) is 0 Å². The number of rotatable bonds is 5. The van der Waals surface area contributed by atoms with Gasteiger partial charge in [0.05, 0.1) is 0 Å². The van der Waals surface area contributed by atoms with Crippen LogP contribution in [0.1, 0.15) is 32.6 Å². The average Bonchev–Trinajstić information content (AvgIpc) is 2.53. The molecule has 0 saturated heterocycles. The van der Waals surface area contributed by atoms with Crippen LogP contribution >= 0.6 is 12.2 Å². The molecule has 0 bridgehead atoms. The predicted molar refractivity (Wildman–Crippen MR) is 89.1 cm³/mol. The van der Waals surface area contributed by atoms with Gasteiger partial charge in [-0.3, -0.25) is 15.6 Å². The molecule has 0 fully saturated rings. The van der Waals surface area contributed by atoms with E-state index < -0.39 is 0 Å². The minimum atomic E-state index is -0.0697. The van der Waals surface area contributed by atoms with Gasteiger partial charge < -0.3 is 14.8 Å². The maximum Gasteiger partial charge on any atom is 0.238 e. The lowest BCUT2D eigenvalue weighted by Gasteiger charge is -2.19. The second-order valence-electron chi connectivity index (χ2n) is 4.94. The van der Waals surface area contributed by atoms with Crippen LogP contribution in [0, 0.1) is 0 Å². The van der Waals surface area contributed by atoms with Gasteiger partial charge >= 0.3 is 0 Å². The van der Waals surface area contributed by atoms with Gasteiger partial charge in [0.2, 0.25) is 5.91 Å². The van der Waals surface area contributed by atoms with Crippen LogP contribution in [-0.2, 0) is 4.79 Å². The third kappa shape index (κ3) is 5.07. The average molecular weight is 323 g/mol. The van der Waals surface area contributed by atoms with Crippen molar-refractivity contribution in [2.45, 2.75) is 32.6 Å². The molecule has 2 rings (SSSR count). The molecule has 1 aliphatic rings. The number of amides is 1. The van der Waals surface area contributed by atoms with E-state index in [1.165, 1.54) is 0 Å². The van der Waals surface area contributed by atoms with Gasteiger partial charge in [-0.1, -0.05) is 19.8 Å². The molecule has 0 aromatic heterocycles. The van der Waals surface area contributed by atoms with E-state index in [-0.39, 0.29) is 5.91 Å². The van der Waals surface area contributed by atoms with E-state index in [1.54, 1.807) is 0 Å². The Morgan fingerprint density at radius 1 is 1.18 bits per heavy atom. The van der Waals surface area contributed by atoms with E-state index in [2.05, 4.69) is 23.1 Å². The summed E-state index contributed by atoms with van der Waals surface area (Å²) in [6.45, 7) is 3.19. The number of fused-ring (bicyclic) bond motifs is 1. The maximum atomic E-state index is 11.6. The van der Waals surface area contributed by atoms with Crippen LogP contribution in [-0.4, -0.2) is 24.2 Å². The zero-order chi connectivity index (χ0) is 15.8. The number of hydrazine groups is 1. The molecule has 0 unspecified atom stereocenters. The Morgan fingerprint density at radius 2 is 1.95 bits per heavy atom. The highest BCUT2D eigenvalue weighted by Gasteiger charge is 2.12. The predicted octanol–water partition coefficient (Wildman–Crippen LogP) is 2.36. The molecule has 0 spiro atoms. The van der Waals surface area contributed by atoms with Crippen molar-refractivity contribution in [1.82, 2.24) is 10.9 Å². The molecule has 0 aliphatic carbocycles. The van der Waals surface area contributed by atoms with Crippen molar-refractivity contribution in [1.29, 1.82) is 0 Å². The van der Waals surface area contributed by atoms with Crippen molar-refractivity contribution in [2.75, 3.05) is 18.5 Å². The molecule has 120 valence electrons. The molecule has 22 heavy (non-hydrogen) atoms. The van der Waals surface area contributed by atoms with Gasteiger partial charge in [-0.25, -0.2) is 0 Å². The Morgan fingerprint density at radius 3 is 2.73 bits per heavy atom. The topological polar surface area (TPSA) is 71.6 Å². The summed E-state index contributed by atoms with van der Waals surface area (Å²) < 4.78 is 11.0. The summed E-state index contributed by atoms with van der Waals surface area (Å²) in [7, 11) is 0. The second kappa shape index (κ2) is 8.43. The molecule has 1 amide bonds. The summed E-state index contributed by atoms with van der Waals surface area (Å²) >= 11 is 5.14. The van der Waals surface area contributed by atoms with Crippen molar-refractivity contribution in [3.05, 3.63) is 18.2 Å². The smallest absolute Gasteiger partial charge is 0.238 e. The monoisotopic (exact) mass is 323 g/mol. The molecule has 6 nitrogen and oxygen atoms in total. The van der Waals surface area contributed by atoms with Gasteiger partial charge in [0.15, 0.2) is 16.6 Å². The molecule has 1 aliphatic heterocycles. The number of anilines is 1. The van der Waals surface area contributed by atoms with Gasteiger partial charge in [-0.15, -0.1) is 0 Å². The van der Waals surface area contributed by atoms with E-state index in [0.29, 0.717) is 30.5 Å². The summed E-state index contributed by atoms with van der Waals surface area (Å²) in [5.41, 5.74) is 6.03. The number of benzene rings is 1. The summed E-state index contributed by atoms with van der Waals surface area (Å²) in [4.78, 5) is 11.6. The molecular weight excluding hydrogens is 302 g/mol. The van der Waals surface area contributed by atoms with Crippen LogP contribution in [0.5, 0.6) is 11.5 Å². The number of carbonyl (C=O) groups is 1. The van der Waals surface area contributed by atoms with Crippen LogP contribution in [0.3, 0.4) is 0 Å². The highest BCUT2D eigenvalue weighted by molar-refractivity contribution is 7.80. The Kier molecular flexibility index (Phi) is 6.27. The fourth-order valence-corrected chi connectivity index (χ4v) is 2.18. The van der Waals surface area contributed by atoms with Gasteiger partial charge in [0, 0.05) is 18.2 Å². The van der Waals surface area contributed by atoms with Crippen molar-refractivity contribution < 1.29 is 14.3 Å². The number of unbranched alkanes of at least 4 members (excludes halogenated alkanes) is 2. The first-order valence-electron chi connectivity index (χ1n) is 7.44. The van der Waals surface area contributed by atoms with Crippen LogP contribution in [0.4, 0.5) is 5.69 Å². The summed E-state index contributed by atoms with van der Waals surface area (Å²) in [5, 5.41) is 3.30. The highest BCUT2D eigenvalue weighted by atomic mass is 32.1. The molecule has 0 atom stereocenters. The number of hydrogen-bond donors (Lipinski definition) is 3. The lowest BCUT2D eigenvalue weighted by Crippen LogP contribution is -2.43. The Balaban J connectivity index is 1.76. The fourth-order valence-electron chi connectivity index (χ4n) is 2.01.